The number of sulfone groups is 1. The van der Waals surface area contributed by atoms with Crippen molar-refractivity contribution in [1.29, 1.82) is 0 Å². The topological polar surface area (TPSA) is 101 Å². The Balaban J connectivity index is 1.87. The minimum atomic E-state index is -3.39. The van der Waals surface area contributed by atoms with Crippen molar-refractivity contribution >= 4 is 15.7 Å². The van der Waals surface area contributed by atoms with E-state index in [1.807, 2.05) is 0 Å². The molecule has 124 valence electrons. The van der Waals surface area contributed by atoms with Crippen LogP contribution in [0.2, 0.25) is 0 Å². The standard InChI is InChI=1S/C14H19N5O3S/c1-23(21,22)12-8-16-17-14(12)11-4-2-3-6-19(11)13(20)9-18-7-5-15-10-18/h5,7-8,10-11H,2-4,6,9H2,1H3,(H,16,17). The average Bonchev–Trinajstić information content (AvgIpc) is 3.17. The van der Waals surface area contributed by atoms with Crippen molar-refractivity contribution in [3.8, 4) is 0 Å². The molecule has 23 heavy (non-hydrogen) atoms. The third-order valence-corrected chi connectivity index (χ3v) is 5.19. The van der Waals surface area contributed by atoms with Gasteiger partial charge in [-0.2, -0.15) is 5.10 Å². The van der Waals surface area contributed by atoms with Crippen molar-refractivity contribution in [2.75, 3.05) is 12.8 Å². The highest BCUT2D eigenvalue weighted by Crippen LogP contribution is 2.33. The summed E-state index contributed by atoms with van der Waals surface area (Å²) in [6.45, 7) is 0.805. The van der Waals surface area contributed by atoms with Crippen LogP contribution in [0.15, 0.2) is 29.8 Å². The first-order valence-electron chi connectivity index (χ1n) is 7.45. The van der Waals surface area contributed by atoms with Crippen LogP contribution < -0.4 is 0 Å². The Hall–Kier alpha value is -2.16. The van der Waals surface area contributed by atoms with Crippen molar-refractivity contribution < 1.29 is 13.2 Å². The van der Waals surface area contributed by atoms with Crippen molar-refractivity contribution in [2.45, 2.75) is 36.7 Å². The third kappa shape index (κ3) is 3.29. The molecule has 2 aromatic heterocycles. The molecule has 1 amide bonds. The maximum Gasteiger partial charge on any atom is 0.243 e. The molecule has 1 atom stereocenters. The quantitative estimate of drug-likeness (QED) is 0.888. The van der Waals surface area contributed by atoms with Gasteiger partial charge in [-0.25, -0.2) is 13.4 Å². The van der Waals surface area contributed by atoms with E-state index >= 15 is 0 Å². The van der Waals surface area contributed by atoms with E-state index in [0.717, 1.165) is 25.5 Å². The van der Waals surface area contributed by atoms with Gasteiger partial charge in [0.15, 0.2) is 9.84 Å². The zero-order chi connectivity index (χ0) is 16.4. The normalized spacial score (nSPS) is 19.0. The van der Waals surface area contributed by atoms with Crippen LogP contribution in [0.4, 0.5) is 0 Å². The highest BCUT2D eigenvalue weighted by atomic mass is 32.2. The molecule has 1 fully saturated rings. The minimum absolute atomic E-state index is 0.0539. The molecule has 3 rings (SSSR count). The summed E-state index contributed by atoms with van der Waals surface area (Å²) in [5.41, 5.74) is 0.506. The highest BCUT2D eigenvalue weighted by molar-refractivity contribution is 7.90. The van der Waals surface area contributed by atoms with E-state index < -0.39 is 9.84 Å². The van der Waals surface area contributed by atoms with E-state index in [4.69, 9.17) is 0 Å². The molecule has 2 aromatic rings. The van der Waals surface area contributed by atoms with Crippen LogP contribution in [-0.4, -0.2) is 51.8 Å². The lowest BCUT2D eigenvalue weighted by atomic mass is 9.99. The summed E-state index contributed by atoms with van der Waals surface area (Å²) < 4.78 is 25.5. The zero-order valence-corrected chi connectivity index (χ0v) is 13.7. The monoisotopic (exact) mass is 337 g/mol. The molecule has 1 unspecified atom stereocenters. The summed E-state index contributed by atoms with van der Waals surface area (Å²) >= 11 is 0. The molecule has 1 aliphatic heterocycles. The van der Waals surface area contributed by atoms with Gasteiger partial charge in [0.05, 0.1) is 24.3 Å². The minimum Gasteiger partial charge on any atom is -0.333 e. The third-order valence-electron chi connectivity index (χ3n) is 4.07. The molecule has 0 radical (unpaired) electrons. The molecule has 0 spiro atoms. The largest absolute Gasteiger partial charge is 0.333 e. The fourth-order valence-corrected chi connectivity index (χ4v) is 3.80. The van der Waals surface area contributed by atoms with E-state index in [9.17, 15) is 13.2 Å². The lowest BCUT2D eigenvalue weighted by molar-refractivity contribution is -0.135. The Labute approximate surface area is 134 Å². The number of aromatic nitrogens is 4. The summed E-state index contributed by atoms with van der Waals surface area (Å²) in [6, 6.07) is -0.285. The molecular formula is C14H19N5O3S. The molecule has 3 heterocycles. The number of carbonyl (C=O) groups is 1. The van der Waals surface area contributed by atoms with E-state index in [1.54, 1.807) is 28.2 Å². The second kappa shape index (κ2) is 6.15. The van der Waals surface area contributed by atoms with Crippen LogP contribution in [0.3, 0.4) is 0 Å². The lowest BCUT2D eigenvalue weighted by Gasteiger charge is -2.35. The van der Waals surface area contributed by atoms with Crippen molar-refractivity contribution in [3.05, 3.63) is 30.6 Å². The molecule has 9 heteroatoms. The van der Waals surface area contributed by atoms with Gasteiger partial charge in [-0.1, -0.05) is 0 Å². The van der Waals surface area contributed by atoms with Gasteiger partial charge in [0.25, 0.3) is 0 Å². The fraction of sp³-hybridized carbons (Fsp3) is 0.500. The second-order valence-corrected chi connectivity index (χ2v) is 7.74. The van der Waals surface area contributed by atoms with Gasteiger partial charge in [0.1, 0.15) is 11.4 Å². The van der Waals surface area contributed by atoms with Crippen LogP contribution >= 0.6 is 0 Å². The Morgan fingerprint density at radius 1 is 1.43 bits per heavy atom. The number of likely N-dealkylation sites (tertiary alicyclic amines) is 1. The number of H-pyrrole nitrogens is 1. The maximum atomic E-state index is 12.6. The molecule has 8 nitrogen and oxygen atoms in total. The van der Waals surface area contributed by atoms with Gasteiger partial charge < -0.3 is 9.47 Å². The van der Waals surface area contributed by atoms with Gasteiger partial charge in [-0.05, 0) is 19.3 Å². The first-order valence-corrected chi connectivity index (χ1v) is 9.34. The summed E-state index contributed by atoms with van der Waals surface area (Å²) in [6.07, 6.45) is 10.00. The van der Waals surface area contributed by atoms with Crippen LogP contribution in [-0.2, 0) is 21.2 Å². The van der Waals surface area contributed by atoms with Gasteiger partial charge >= 0.3 is 0 Å². The number of amides is 1. The van der Waals surface area contributed by atoms with E-state index in [-0.39, 0.29) is 23.4 Å². The smallest absolute Gasteiger partial charge is 0.243 e. The first kappa shape index (κ1) is 15.7. The Morgan fingerprint density at radius 3 is 2.96 bits per heavy atom. The molecule has 0 bridgehead atoms. The summed E-state index contributed by atoms with van der Waals surface area (Å²) in [5.74, 6) is -0.0539. The first-order chi connectivity index (χ1) is 11.0. The van der Waals surface area contributed by atoms with E-state index in [2.05, 4.69) is 15.2 Å². The summed E-state index contributed by atoms with van der Waals surface area (Å²) in [5, 5.41) is 6.66. The number of hydrogen-bond donors (Lipinski definition) is 1. The van der Waals surface area contributed by atoms with Gasteiger partial charge in [0.2, 0.25) is 5.91 Å². The predicted molar refractivity (Wildman–Crippen MR) is 82.2 cm³/mol. The number of piperidine rings is 1. The Bertz CT molecular complexity index is 781. The molecular weight excluding hydrogens is 318 g/mol. The number of aromatic amines is 1. The number of hydrogen-bond acceptors (Lipinski definition) is 5. The Kier molecular flexibility index (Phi) is 4.20. The molecule has 0 saturated carbocycles. The fourth-order valence-electron chi connectivity index (χ4n) is 2.98. The van der Waals surface area contributed by atoms with Crippen molar-refractivity contribution in [1.82, 2.24) is 24.6 Å². The maximum absolute atomic E-state index is 12.6. The average molecular weight is 337 g/mol. The SMILES string of the molecule is CS(=O)(=O)c1cn[nH]c1C1CCCCN1C(=O)Cn1ccnc1. The predicted octanol–water partition coefficient (Wildman–Crippen LogP) is 0.763. The number of rotatable bonds is 4. The van der Waals surface area contributed by atoms with Crippen LogP contribution in [0.5, 0.6) is 0 Å². The number of carbonyl (C=O) groups excluding carboxylic acids is 1. The molecule has 0 aromatic carbocycles. The van der Waals surface area contributed by atoms with Crippen LogP contribution in [0, 0.1) is 0 Å². The summed E-state index contributed by atoms with van der Waals surface area (Å²) in [7, 11) is -3.39. The van der Waals surface area contributed by atoms with E-state index in [1.165, 1.54) is 6.20 Å². The number of nitrogens with one attached hydrogen (secondary N) is 1. The number of nitrogens with zero attached hydrogens (tertiary/aromatic N) is 4. The molecule has 1 saturated heterocycles. The van der Waals surface area contributed by atoms with Crippen molar-refractivity contribution in [3.63, 3.8) is 0 Å². The molecule has 1 N–H and O–H groups in total. The van der Waals surface area contributed by atoms with Gasteiger partial charge in [-0.15, -0.1) is 0 Å². The molecule has 0 aliphatic carbocycles. The highest BCUT2D eigenvalue weighted by Gasteiger charge is 2.32. The zero-order valence-electron chi connectivity index (χ0n) is 12.8. The van der Waals surface area contributed by atoms with Crippen LogP contribution in [0.25, 0.3) is 0 Å². The summed E-state index contributed by atoms with van der Waals surface area (Å²) in [4.78, 5) is 18.5. The van der Waals surface area contributed by atoms with Crippen LogP contribution in [0.1, 0.15) is 31.0 Å². The van der Waals surface area contributed by atoms with E-state index in [0.29, 0.717) is 12.2 Å². The van der Waals surface area contributed by atoms with Crippen molar-refractivity contribution in [2.24, 2.45) is 0 Å². The van der Waals surface area contributed by atoms with Gasteiger partial charge in [0, 0.05) is 25.2 Å². The number of imidazole rings is 1. The Morgan fingerprint density at radius 2 is 2.26 bits per heavy atom. The lowest BCUT2D eigenvalue weighted by Crippen LogP contribution is -2.40. The molecule has 1 aliphatic rings. The second-order valence-electron chi connectivity index (χ2n) is 5.75. The van der Waals surface area contributed by atoms with Gasteiger partial charge in [-0.3, -0.25) is 9.89 Å².